The van der Waals surface area contributed by atoms with Crippen molar-refractivity contribution in [3.63, 3.8) is 0 Å². The third-order valence-electron chi connectivity index (χ3n) is 2.58. The summed E-state index contributed by atoms with van der Waals surface area (Å²) in [5, 5.41) is 3.11. The Morgan fingerprint density at radius 2 is 2.43 bits per heavy atom. The van der Waals surface area contributed by atoms with Crippen molar-refractivity contribution in [3.05, 3.63) is 24.3 Å². The summed E-state index contributed by atoms with van der Waals surface area (Å²) in [6.07, 6.45) is 6.36. The van der Waals surface area contributed by atoms with E-state index in [1.807, 2.05) is 0 Å². The zero-order chi connectivity index (χ0) is 10.0. The van der Waals surface area contributed by atoms with Crippen LogP contribution in [0.25, 0.3) is 0 Å². The van der Waals surface area contributed by atoms with Gasteiger partial charge in [0.2, 0.25) is 5.91 Å². The monoisotopic (exact) mass is 192 g/mol. The van der Waals surface area contributed by atoms with Gasteiger partial charge in [-0.2, -0.15) is 0 Å². The van der Waals surface area contributed by atoms with E-state index in [-0.39, 0.29) is 5.91 Å². The SMILES string of the molecule is NC(=O)[C@@]1(c2cnccn2)CCCN1. The second-order valence-electron chi connectivity index (χ2n) is 3.39. The van der Waals surface area contributed by atoms with Crippen molar-refractivity contribution in [2.45, 2.75) is 18.4 Å². The van der Waals surface area contributed by atoms with E-state index in [9.17, 15) is 4.79 Å². The maximum atomic E-state index is 11.4. The lowest BCUT2D eigenvalue weighted by Gasteiger charge is -2.24. The molecule has 2 rings (SSSR count). The largest absolute Gasteiger partial charge is 0.368 e. The van der Waals surface area contributed by atoms with Crippen LogP contribution < -0.4 is 11.1 Å². The Morgan fingerprint density at radius 3 is 2.93 bits per heavy atom. The fourth-order valence-electron chi connectivity index (χ4n) is 1.82. The van der Waals surface area contributed by atoms with Crippen molar-refractivity contribution in [2.75, 3.05) is 6.54 Å². The first-order chi connectivity index (χ1) is 6.76. The summed E-state index contributed by atoms with van der Waals surface area (Å²) in [6, 6.07) is 0. The Balaban J connectivity index is 2.42. The number of carbonyl (C=O) groups is 1. The van der Waals surface area contributed by atoms with E-state index >= 15 is 0 Å². The van der Waals surface area contributed by atoms with E-state index < -0.39 is 5.54 Å². The molecule has 0 aromatic carbocycles. The highest BCUT2D eigenvalue weighted by atomic mass is 16.1. The Morgan fingerprint density at radius 1 is 1.57 bits per heavy atom. The topological polar surface area (TPSA) is 80.9 Å². The molecule has 0 spiro atoms. The molecule has 0 aliphatic carbocycles. The first kappa shape index (κ1) is 9.08. The molecule has 0 radical (unpaired) electrons. The molecular formula is C9H12N4O. The van der Waals surface area contributed by atoms with Gasteiger partial charge in [0, 0.05) is 12.4 Å². The molecule has 1 atom stereocenters. The molecule has 0 unspecified atom stereocenters. The number of carbonyl (C=O) groups excluding carboxylic acids is 1. The molecule has 5 heteroatoms. The smallest absolute Gasteiger partial charge is 0.244 e. The van der Waals surface area contributed by atoms with Gasteiger partial charge in [-0.25, -0.2) is 0 Å². The van der Waals surface area contributed by atoms with Crippen molar-refractivity contribution in [2.24, 2.45) is 5.73 Å². The van der Waals surface area contributed by atoms with Crippen LogP contribution in [0, 0.1) is 0 Å². The standard InChI is InChI=1S/C9H12N4O/c10-8(14)9(2-1-3-13-9)7-6-11-4-5-12-7/h4-6,13H,1-3H2,(H2,10,14)/t9-/m0/s1. The second kappa shape index (κ2) is 3.34. The number of amides is 1. The van der Waals surface area contributed by atoms with Crippen LogP contribution in [0.15, 0.2) is 18.6 Å². The Labute approximate surface area is 81.7 Å². The van der Waals surface area contributed by atoms with Crippen LogP contribution in [-0.2, 0) is 10.3 Å². The van der Waals surface area contributed by atoms with Gasteiger partial charge < -0.3 is 5.73 Å². The van der Waals surface area contributed by atoms with Gasteiger partial charge in [0.25, 0.3) is 0 Å². The molecule has 1 aliphatic heterocycles. The van der Waals surface area contributed by atoms with E-state index in [0.717, 1.165) is 13.0 Å². The zero-order valence-corrected chi connectivity index (χ0v) is 7.73. The van der Waals surface area contributed by atoms with Gasteiger partial charge in [-0.15, -0.1) is 0 Å². The molecule has 0 saturated carbocycles. The van der Waals surface area contributed by atoms with Gasteiger partial charge in [-0.3, -0.25) is 20.1 Å². The average Bonchev–Trinajstić information content (AvgIpc) is 2.69. The van der Waals surface area contributed by atoms with Crippen molar-refractivity contribution >= 4 is 5.91 Å². The average molecular weight is 192 g/mol. The molecule has 1 aliphatic rings. The summed E-state index contributed by atoms with van der Waals surface area (Å²) in [5.74, 6) is -0.379. The highest BCUT2D eigenvalue weighted by Gasteiger charge is 2.42. The molecule has 1 aromatic heterocycles. The van der Waals surface area contributed by atoms with Crippen molar-refractivity contribution in [1.29, 1.82) is 0 Å². The van der Waals surface area contributed by atoms with Gasteiger partial charge >= 0.3 is 0 Å². The van der Waals surface area contributed by atoms with Crippen molar-refractivity contribution in [1.82, 2.24) is 15.3 Å². The molecule has 0 bridgehead atoms. The minimum atomic E-state index is -0.797. The first-order valence-corrected chi connectivity index (χ1v) is 4.57. The summed E-state index contributed by atoms with van der Waals surface area (Å²) in [7, 11) is 0. The van der Waals surface area contributed by atoms with Gasteiger partial charge in [-0.05, 0) is 19.4 Å². The number of nitrogens with two attached hydrogens (primary N) is 1. The maximum Gasteiger partial charge on any atom is 0.244 e. The van der Waals surface area contributed by atoms with Gasteiger partial charge in [0.1, 0.15) is 5.54 Å². The molecular weight excluding hydrogens is 180 g/mol. The predicted octanol–water partition coefficient (Wildman–Crippen LogP) is -0.459. The number of primary amides is 1. The quantitative estimate of drug-likeness (QED) is 0.664. The number of hydrogen-bond acceptors (Lipinski definition) is 4. The number of rotatable bonds is 2. The number of aromatic nitrogens is 2. The van der Waals surface area contributed by atoms with Crippen LogP contribution in [-0.4, -0.2) is 22.4 Å². The number of nitrogens with one attached hydrogen (secondary N) is 1. The van der Waals surface area contributed by atoms with E-state index in [0.29, 0.717) is 12.1 Å². The van der Waals surface area contributed by atoms with Crippen LogP contribution in [0.3, 0.4) is 0 Å². The lowest BCUT2D eigenvalue weighted by atomic mass is 9.93. The van der Waals surface area contributed by atoms with Crippen LogP contribution in [0.5, 0.6) is 0 Å². The third-order valence-corrected chi connectivity index (χ3v) is 2.58. The molecule has 74 valence electrons. The molecule has 1 saturated heterocycles. The highest BCUT2D eigenvalue weighted by Crippen LogP contribution is 2.28. The Hall–Kier alpha value is -1.49. The summed E-state index contributed by atoms with van der Waals surface area (Å²) >= 11 is 0. The summed E-state index contributed by atoms with van der Waals surface area (Å²) in [4.78, 5) is 19.5. The molecule has 14 heavy (non-hydrogen) atoms. The van der Waals surface area contributed by atoms with Crippen molar-refractivity contribution in [3.8, 4) is 0 Å². The molecule has 3 N–H and O–H groups in total. The van der Waals surface area contributed by atoms with Crippen LogP contribution in [0.4, 0.5) is 0 Å². The number of nitrogens with zero attached hydrogens (tertiary/aromatic N) is 2. The van der Waals surface area contributed by atoms with E-state index in [1.54, 1.807) is 18.6 Å². The minimum Gasteiger partial charge on any atom is -0.368 e. The van der Waals surface area contributed by atoms with Gasteiger partial charge in [0.15, 0.2) is 0 Å². The van der Waals surface area contributed by atoms with Crippen LogP contribution in [0.2, 0.25) is 0 Å². The Kier molecular flexibility index (Phi) is 2.17. The first-order valence-electron chi connectivity index (χ1n) is 4.57. The predicted molar refractivity (Wildman–Crippen MR) is 50.1 cm³/mol. The Bertz CT molecular complexity index is 332. The molecule has 1 amide bonds. The molecule has 1 aromatic rings. The maximum absolute atomic E-state index is 11.4. The highest BCUT2D eigenvalue weighted by molar-refractivity contribution is 5.85. The molecule has 1 fully saturated rings. The van der Waals surface area contributed by atoms with E-state index in [2.05, 4.69) is 15.3 Å². The normalized spacial score (nSPS) is 26.3. The number of hydrogen-bond donors (Lipinski definition) is 2. The van der Waals surface area contributed by atoms with Crippen LogP contribution in [0.1, 0.15) is 18.5 Å². The van der Waals surface area contributed by atoms with Crippen molar-refractivity contribution < 1.29 is 4.79 Å². The summed E-state index contributed by atoms with van der Waals surface area (Å²) in [5.41, 5.74) is 5.21. The zero-order valence-electron chi connectivity index (χ0n) is 7.73. The minimum absolute atomic E-state index is 0.379. The summed E-state index contributed by atoms with van der Waals surface area (Å²) in [6.45, 7) is 0.791. The third kappa shape index (κ3) is 1.26. The fourth-order valence-corrected chi connectivity index (χ4v) is 1.82. The van der Waals surface area contributed by atoms with E-state index in [4.69, 9.17) is 5.73 Å². The van der Waals surface area contributed by atoms with Gasteiger partial charge in [0.05, 0.1) is 11.9 Å². The summed E-state index contributed by atoms with van der Waals surface area (Å²) < 4.78 is 0. The van der Waals surface area contributed by atoms with Gasteiger partial charge in [-0.1, -0.05) is 0 Å². The van der Waals surface area contributed by atoms with E-state index in [1.165, 1.54) is 0 Å². The lowest BCUT2D eigenvalue weighted by Crippen LogP contribution is -2.49. The molecule has 2 heterocycles. The lowest BCUT2D eigenvalue weighted by molar-refractivity contribution is -0.124. The second-order valence-corrected chi connectivity index (χ2v) is 3.39. The van der Waals surface area contributed by atoms with Crippen LogP contribution >= 0.6 is 0 Å². The molecule has 5 nitrogen and oxygen atoms in total. The fraction of sp³-hybridized carbons (Fsp3) is 0.444.